The highest BCUT2D eigenvalue weighted by Crippen LogP contribution is 2.15. The van der Waals surface area contributed by atoms with Crippen LogP contribution in [0.1, 0.15) is 51.5 Å². The van der Waals surface area contributed by atoms with E-state index in [0.29, 0.717) is 6.04 Å². The molecule has 0 aromatic heterocycles. The van der Waals surface area contributed by atoms with Crippen molar-refractivity contribution in [2.45, 2.75) is 58.4 Å². The Morgan fingerprint density at radius 2 is 2.00 bits per heavy atom. The smallest absolute Gasteiger partial charge is 0.0408 e. The Morgan fingerprint density at radius 3 is 2.67 bits per heavy atom. The summed E-state index contributed by atoms with van der Waals surface area (Å²) in [5, 5.41) is 4.43. The molecule has 0 fully saturated rings. The zero-order chi connectivity index (χ0) is 13.2. The average molecular weight is 268 g/mol. The minimum atomic E-state index is 0.588. The molecule has 0 amide bonds. The van der Waals surface area contributed by atoms with Crippen LogP contribution in [0.15, 0.2) is 24.3 Å². The number of halogens is 1. The quantitative estimate of drug-likeness (QED) is 0.632. The fourth-order valence-corrected chi connectivity index (χ4v) is 2.54. The number of rotatable bonds is 9. The number of unbranched alkanes of at least 4 members (excludes halogenated alkanes) is 3. The Morgan fingerprint density at radius 1 is 1.17 bits per heavy atom. The second kappa shape index (κ2) is 9.41. The second-order valence-electron chi connectivity index (χ2n) is 4.94. The van der Waals surface area contributed by atoms with Crippen LogP contribution in [0.25, 0.3) is 0 Å². The Labute approximate surface area is 117 Å². The van der Waals surface area contributed by atoms with Crippen LogP contribution < -0.4 is 5.32 Å². The van der Waals surface area contributed by atoms with Gasteiger partial charge in [0.15, 0.2) is 0 Å². The van der Waals surface area contributed by atoms with Gasteiger partial charge < -0.3 is 5.32 Å². The summed E-state index contributed by atoms with van der Waals surface area (Å²) in [5.41, 5.74) is 1.34. The van der Waals surface area contributed by atoms with Gasteiger partial charge in [0.25, 0.3) is 0 Å². The molecule has 0 spiro atoms. The molecule has 1 aromatic carbocycles. The van der Waals surface area contributed by atoms with Crippen LogP contribution in [-0.4, -0.2) is 12.6 Å². The van der Waals surface area contributed by atoms with Gasteiger partial charge in [-0.3, -0.25) is 0 Å². The lowest BCUT2D eigenvalue weighted by molar-refractivity contribution is 0.463. The van der Waals surface area contributed by atoms with Crippen LogP contribution in [0.2, 0.25) is 5.02 Å². The molecular formula is C16H26ClN. The number of hydrogen-bond donors (Lipinski definition) is 1. The number of likely N-dealkylation sites (N-methyl/N-ethyl adjacent to an activating group) is 1. The summed E-state index contributed by atoms with van der Waals surface area (Å²) in [7, 11) is 0. The van der Waals surface area contributed by atoms with Crippen LogP contribution in [-0.2, 0) is 6.42 Å². The number of hydrogen-bond acceptors (Lipinski definition) is 1. The summed E-state index contributed by atoms with van der Waals surface area (Å²) < 4.78 is 0. The highest BCUT2D eigenvalue weighted by Gasteiger charge is 2.08. The zero-order valence-electron chi connectivity index (χ0n) is 11.7. The first kappa shape index (κ1) is 15.5. The van der Waals surface area contributed by atoms with E-state index in [1.54, 1.807) is 0 Å². The van der Waals surface area contributed by atoms with Gasteiger partial charge in [0.05, 0.1) is 0 Å². The van der Waals surface area contributed by atoms with Crippen molar-refractivity contribution in [2.24, 2.45) is 0 Å². The maximum absolute atomic E-state index is 6.03. The van der Waals surface area contributed by atoms with E-state index in [2.05, 4.69) is 31.3 Å². The lowest BCUT2D eigenvalue weighted by Crippen LogP contribution is -2.30. The van der Waals surface area contributed by atoms with E-state index in [1.807, 2.05) is 12.1 Å². The predicted octanol–water partition coefficient (Wildman–Crippen LogP) is 4.83. The number of nitrogens with one attached hydrogen (secondary N) is 1. The fourth-order valence-electron chi connectivity index (χ4n) is 2.33. The normalized spacial score (nSPS) is 12.6. The molecule has 0 radical (unpaired) electrons. The summed E-state index contributed by atoms with van der Waals surface area (Å²) in [6.07, 6.45) is 7.69. The van der Waals surface area contributed by atoms with Crippen LogP contribution in [0, 0.1) is 0 Å². The Kier molecular flexibility index (Phi) is 8.11. The van der Waals surface area contributed by atoms with Crippen molar-refractivity contribution >= 4 is 11.6 Å². The van der Waals surface area contributed by atoms with Crippen LogP contribution in [0.5, 0.6) is 0 Å². The second-order valence-corrected chi connectivity index (χ2v) is 5.37. The predicted molar refractivity (Wildman–Crippen MR) is 81.4 cm³/mol. The molecule has 1 aromatic rings. The lowest BCUT2D eigenvalue weighted by Gasteiger charge is -2.18. The van der Waals surface area contributed by atoms with Gasteiger partial charge in [-0.2, -0.15) is 0 Å². The van der Waals surface area contributed by atoms with E-state index in [0.717, 1.165) is 18.0 Å². The first-order chi connectivity index (χ1) is 8.76. The van der Waals surface area contributed by atoms with Crippen molar-refractivity contribution in [3.05, 3.63) is 34.9 Å². The molecule has 0 heterocycles. The van der Waals surface area contributed by atoms with Crippen LogP contribution in [0.3, 0.4) is 0 Å². The van der Waals surface area contributed by atoms with Gasteiger partial charge in [-0.25, -0.2) is 0 Å². The summed E-state index contributed by atoms with van der Waals surface area (Å²) >= 11 is 6.03. The van der Waals surface area contributed by atoms with Gasteiger partial charge in [-0.1, -0.05) is 63.3 Å². The molecule has 102 valence electrons. The monoisotopic (exact) mass is 267 g/mol. The van der Waals surface area contributed by atoms with Gasteiger partial charge in [0.1, 0.15) is 0 Å². The zero-order valence-corrected chi connectivity index (χ0v) is 12.5. The standard InChI is InChI=1S/C16H26ClN/c1-3-5-6-7-11-16(18-4-2)13-14-9-8-10-15(17)12-14/h8-10,12,16,18H,3-7,11,13H2,1-2H3. The third kappa shape index (κ3) is 6.42. The first-order valence-electron chi connectivity index (χ1n) is 7.24. The van der Waals surface area contributed by atoms with Crippen molar-refractivity contribution in [2.75, 3.05) is 6.54 Å². The van der Waals surface area contributed by atoms with Crippen molar-refractivity contribution in [3.8, 4) is 0 Å². The van der Waals surface area contributed by atoms with Gasteiger partial charge in [-0.05, 0) is 37.1 Å². The minimum absolute atomic E-state index is 0.588. The Hall–Kier alpha value is -0.530. The molecule has 0 aliphatic rings. The van der Waals surface area contributed by atoms with E-state index in [1.165, 1.54) is 37.7 Å². The average Bonchev–Trinajstić information content (AvgIpc) is 2.35. The molecule has 0 saturated heterocycles. The molecule has 0 aliphatic heterocycles. The molecule has 0 saturated carbocycles. The van der Waals surface area contributed by atoms with E-state index in [9.17, 15) is 0 Å². The van der Waals surface area contributed by atoms with Crippen molar-refractivity contribution in [1.82, 2.24) is 5.32 Å². The third-order valence-corrected chi connectivity index (χ3v) is 3.51. The molecule has 18 heavy (non-hydrogen) atoms. The van der Waals surface area contributed by atoms with Gasteiger partial charge in [0.2, 0.25) is 0 Å². The molecular weight excluding hydrogens is 242 g/mol. The summed E-state index contributed by atoms with van der Waals surface area (Å²) in [6.45, 7) is 5.48. The topological polar surface area (TPSA) is 12.0 Å². The molecule has 1 nitrogen and oxygen atoms in total. The highest BCUT2D eigenvalue weighted by atomic mass is 35.5. The molecule has 2 heteroatoms. The van der Waals surface area contributed by atoms with E-state index < -0.39 is 0 Å². The fraction of sp³-hybridized carbons (Fsp3) is 0.625. The van der Waals surface area contributed by atoms with Gasteiger partial charge in [0, 0.05) is 11.1 Å². The van der Waals surface area contributed by atoms with Crippen molar-refractivity contribution in [1.29, 1.82) is 0 Å². The molecule has 1 N–H and O–H groups in total. The summed E-state index contributed by atoms with van der Waals surface area (Å²) in [5.74, 6) is 0. The minimum Gasteiger partial charge on any atom is -0.314 e. The molecule has 1 atom stereocenters. The summed E-state index contributed by atoms with van der Waals surface area (Å²) in [6, 6.07) is 8.82. The molecule has 1 rings (SSSR count). The lowest BCUT2D eigenvalue weighted by atomic mass is 10.00. The van der Waals surface area contributed by atoms with Crippen molar-refractivity contribution in [3.63, 3.8) is 0 Å². The molecule has 0 bridgehead atoms. The SMILES string of the molecule is CCCCCCC(Cc1cccc(Cl)c1)NCC. The van der Waals surface area contributed by atoms with Crippen molar-refractivity contribution < 1.29 is 0 Å². The Bertz CT molecular complexity index is 325. The number of benzene rings is 1. The Balaban J connectivity index is 2.41. The van der Waals surface area contributed by atoms with Crippen LogP contribution in [0.4, 0.5) is 0 Å². The van der Waals surface area contributed by atoms with Crippen LogP contribution >= 0.6 is 11.6 Å². The van der Waals surface area contributed by atoms with E-state index >= 15 is 0 Å². The summed E-state index contributed by atoms with van der Waals surface area (Å²) in [4.78, 5) is 0. The first-order valence-corrected chi connectivity index (χ1v) is 7.61. The van der Waals surface area contributed by atoms with E-state index in [-0.39, 0.29) is 0 Å². The highest BCUT2D eigenvalue weighted by molar-refractivity contribution is 6.30. The maximum Gasteiger partial charge on any atom is 0.0408 e. The van der Waals surface area contributed by atoms with Gasteiger partial charge in [-0.15, -0.1) is 0 Å². The molecule has 0 aliphatic carbocycles. The van der Waals surface area contributed by atoms with Gasteiger partial charge >= 0.3 is 0 Å². The maximum atomic E-state index is 6.03. The van der Waals surface area contributed by atoms with E-state index in [4.69, 9.17) is 11.6 Å². The largest absolute Gasteiger partial charge is 0.314 e. The molecule has 1 unspecified atom stereocenters. The third-order valence-electron chi connectivity index (χ3n) is 3.27.